The third-order valence-corrected chi connectivity index (χ3v) is 9.95. The second kappa shape index (κ2) is 5.52. The fraction of sp³-hybridized carbons (Fsp3) is 1.00. The lowest BCUT2D eigenvalue weighted by Gasteiger charge is -2.66. The zero-order chi connectivity index (χ0) is 16.5. The summed E-state index contributed by atoms with van der Waals surface area (Å²) in [7, 11) is 0. The molecule has 0 spiro atoms. The summed E-state index contributed by atoms with van der Waals surface area (Å²) in [5.74, 6) is 12.1. The average Bonchev–Trinajstić information content (AvgIpc) is 2.48. The maximum Gasteiger partial charge on any atom is -0.0313 e. The van der Waals surface area contributed by atoms with Crippen LogP contribution in [0, 0.1) is 76.9 Å². The van der Waals surface area contributed by atoms with Gasteiger partial charge in [0.05, 0.1) is 0 Å². The van der Waals surface area contributed by atoms with Crippen LogP contribution in [0.25, 0.3) is 0 Å². The highest BCUT2D eigenvalue weighted by molar-refractivity contribution is 5.08. The second-order valence-electron chi connectivity index (χ2n) is 10.0. The van der Waals surface area contributed by atoms with E-state index in [-0.39, 0.29) is 0 Å². The predicted molar refractivity (Wildman–Crippen MR) is 96.4 cm³/mol. The van der Waals surface area contributed by atoms with E-state index in [0.29, 0.717) is 0 Å². The Bertz CT molecular complexity index is 320. The van der Waals surface area contributed by atoms with Crippen LogP contribution in [0.5, 0.6) is 0 Å². The van der Waals surface area contributed by atoms with Crippen molar-refractivity contribution in [3.8, 4) is 0 Å². The molecule has 6 atom stereocenters. The quantitative estimate of drug-likeness (QED) is 0.498. The Labute approximate surface area is 139 Å². The predicted octanol–water partition coefficient (Wildman–Crippen LogP) is 6.22. The van der Waals surface area contributed by atoms with Crippen LogP contribution in [0.2, 0.25) is 0 Å². The summed E-state index contributed by atoms with van der Waals surface area (Å²) in [6.45, 7) is 23.2. The molecule has 0 aromatic heterocycles. The molecule has 128 valence electrons. The minimum atomic E-state index is 0.901. The fourth-order valence-electron chi connectivity index (χ4n) is 7.85. The maximum atomic E-state index is 2.59. The molecule has 3 rings (SSSR count). The normalized spacial score (nSPS) is 65.0. The van der Waals surface area contributed by atoms with Crippen LogP contribution < -0.4 is 0 Å². The summed E-state index contributed by atoms with van der Waals surface area (Å²) in [5, 5.41) is 0. The van der Waals surface area contributed by atoms with Crippen LogP contribution in [0.3, 0.4) is 0 Å². The Morgan fingerprint density at radius 2 is 0.409 bits per heavy atom. The van der Waals surface area contributed by atoms with Gasteiger partial charge < -0.3 is 0 Å². The van der Waals surface area contributed by atoms with E-state index >= 15 is 0 Å². The van der Waals surface area contributed by atoms with Crippen molar-refractivity contribution in [3.05, 3.63) is 0 Å². The highest BCUT2D eigenvalue weighted by Crippen LogP contribution is 2.65. The third-order valence-electron chi connectivity index (χ3n) is 9.95. The van der Waals surface area contributed by atoms with Gasteiger partial charge in [0.2, 0.25) is 0 Å². The van der Waals surface area contributed by atoms with E-state index in [1.54, 1.807) is 0 Å². The van der Waals surface area contributed by atoms with Crippen molar-refractivity contribution in [2.24, 2.45) is 76.9 Å². The number of rotatable bonds is 0. The molecule has 22 heavy (non-hydrogen) atoms. The molecule has 3 aliphatic rings. The molecule has 0 aromatic carbocycles. The van der Waals surface area contributed by atoms with Gasteiger partial charge in [-0.1, -0.05) is 62.3 Å². The molecule has 3 fully saturated rings. The van der Waals surface area contributed by atoms with Crippen molar-refractivity contribution in [3.63, 3.8) is 0 Å². The van der Waals surface area contributed by atoms with Crippen LogP contribution in [-0.4, -0.2) is 0 Å². The Morgan fingerprint density at radius 1 is 0.227 bits per heavy atom. The summed E-state index contributed by atoms with van der Waals surface area (Å²) >= 11 is 0. The van der Waals surface area contributed by atoms with Gasteiger partial charge in [0, 0.05) is 0 Å². The Kier molecular flexibility index (Phi) is 4.23. The highest BCUT2D eigenvalue weighted by Gasteiger charge is 2.60. The van der Waals surface area contributed by atoms with Gasteiger partial charge in [-0.15, -0.1) is 0 Å². The average molecular weight is 305 g/mol. The van der Waals surface area contributed by atoms with Crippen LogP contribution >= 0.6 is 0 Å². The third kappa shape index (κ3) is 2.01. The van der Waals surface area contributed by atoms with Crippen LogP contribution in [0.15, 0.2) is 0 Å². The topological polar surface area (TPSA) is 0 Å². The SMILES string of the molecule is CC1C(C)C2C(C)C(C)C(C)C3C(C)C(C)C(C)C(C1C)C23. The van der Waals surface area contributed by atoms with Crippen molar-refractivity contribution in [2.45, 2.75) is 62.3 Å². The Morgan fingerprint density at radius 3 is 0.591 bits per heavy atom. The van der Waals surface area contributed by atoms with E-state index in [0.717, 1.165) is 76.9 Å². The molecule has 0 nitrogen and oxygen atoms in total. The zero-order valence-corrected chi connectivity index (χ0v) is 16.5. The summed E-state index contributed by atoms with van der Waals surface area (Å²) in [6, 6.07) is 0. The van der Waals surface area contributed by atoms with Crippen LogP contribution in [-0.2, 0) is 0 Å². The fourth-order valence-corrected chi connectivity index (χ4v) is 7.85. The molecule has 0 aliphatic heterocycles. The molecule has 0 aromatic rings. The lowest BCUT2D eigenvalue weighted by atomic mass is 9.39. The van der Waals surface area contributed by atoms with E-state index in [1.807, 2.05) is 0 Å². The van der Waals surface area contributed by atoms with Gasteiger partial charge in [0.1, 0.15) is 0 Å². The first kappa shape index (κ1) is 16.8. The van der Waals surface area contributed by atoms with E-state index in [4.69, 9.17) is 0 Å². The molecule has 0 radical (unpaired) electrons. The molecule has 0 heteroatoms. The first-order chi connectivity index (χ1) is 10.2. The minimum Gasteiger partial charge on any atom is -0.0620 e. The number of hydrogen-bond acceptors (Lipinski definition) is 0. The van der Waals surface area contributed by atoms with E-state index < -0.39 is 0 Å². The van der Waals surface area contributed by atoms with Crippen molar-refractivity contribution < 1.29 is 0 Å². The van der Waals surface area contributed by atoms with Crippen LogP contribution in [0.1, 0.15) is 62.3 Å². The first-order valence-corrected chi connectivity index (χ1v) is 10.2. The Balaban J connectivity index is 2.10. The van der Waals surface area contributed by atoms with E-state index in [2.05, 4.69) is 62.3 Å². The van der Waals surface area contributed by atoms with Gasteiger partial charge in [-0.3, -0.25) is 0 Å². The van der Waals surface area contributed by atoms with E-state index in [1.165, 1.54) is 0 Å². The smallest absolute Gasteiger partial charge is 0.0313 e. The molecule has 0 N–H and O–H groups in total. The van der Waals surface area contributed by atoms with Crippen molar-refractivity contribution >= 4 is 0 Å². The monoisotopic (exact) mass is 304 g/mol. The lowest BCUT2D eigenvalue weighted by molar-refractivity contribution is -0.184. The molecule has 0 amide bonds. The summed E-state index contributed by atoms with van der Waals surface area (Å²) < 4.78 is 0. The molecule has 3 aliphatic carbocycles. The Hall–Kier alpha value is 0. The lowest BCUT2D eigenvalue weighted by Crippen LogP contribution is -2.61. The van der Waals surface area contributed by atoms with Gasteiger partial charge in [-0.25, -0.2) is 0 Å². The van der Waals surface area contributed by atoms with Gasteiger partial charge in [0.15, 0.2) is 0 Å². The summed E-state index contributed by atoms with van der Waals surface area (Å²) in [4.78, 5) is 0. The van der Waals surface area contributed by atoms with Crippen molar-refractivity contribution in [2.75, 3.05) is 0 Å². The molecule has 0 heterocycles. The molecule has 0 bridgehead atoms. The van der Waals surface area contributed by atoms with E-state index in [9.17, 15) is 0 Å². The van der Waals surface area contributed by atoms with Gasteiger partial charge in [-0.05, 0) is 76.9 Å². The molecular weight excluding hydrogens is 264 g/mol. The molecule has 6 unspecified atom stereocenters. The zero-order valence-electron chi connectivity index (χ0n) is 16.5. The van der Waals surface area contributed by atoms with Crippen molar-refractivity contribution in [1.82, 2.24) is 0 Å². The van der Waals surface area contributed by atoms with Crippen molar-refractivity contribution in [1.29, 1.82) is 0 Å². The summed E-state index contributed by atoms with van der Waals surface area (Å²) in [6.07, 6.45) is 0. The standard InChI is InChI=1S/C22H40/c1-10-13(4)19-15(6)11(2)17(8)21-18(9)12(3)16(7)20(14(10)5)22(19)21/h10-22H,1-9H3. The molecule has 0 saturated heterocycles. The minimum absolute atomic E-state index is 0.901. The largest absolute Gasteiger partial charge is 0.0620 e. The second-order valence-corrected chi connectivity index (χ2v) is 10.0. The molecule has 3 saturated carbocycles. The van der Waals surface area contributed by atoms with Gasteiger partial charge in [-0.2, -0.15) is 0 Å². The maximum absolute atomic E-state index is 2.59. The van der Waals surface area contributed by atoms with Crippen LogP contribution in [0.4, 0.5) is 0 Å². The first-order valence-electron chi connectivity index (χ1n) is 10.2. The highest BCUT2D eigenvalue weighted by atomic mass is 14.6. The summed E-state index contributed by atoms with van der Waals surface area (Å²) in [5.41, 5.74) is 0. The van der Waals surface area contributed by atoms with Gasteiger partial charge in [0.25, 0.3) is 0 Å². The molecular formula is C22H40. The van der Waals surface area contributed by atoms with Gasteiger partial charge >= 0.3 is 0 Å². The number of hydrogen-bond donors (Lipinski definition) is 0.